The summed E-state index contributed by atoms with van der Waals surface area (Å²) >= 11 is 0. The first-order valence-corrected chi connectivity index (χ1v) is 9.37. The molecule has 2 aromatic rings. The number of nitrogens with two attached hydrogens (primary N) is 1. The fourth-order valence-electron chi connectivity index (χ4n) is 3.24. The summed E-state index contributed by atoms with van der Waals surface area (Å²) in [5.74, 6) is 1.21. The van der Waals surface area contributed by atoms with Gasteiger partial charge < -0.3 is 15.4 Å². The van der Waals surface area contributed by atoms with Crippen molar-refractivity contribution in [3.63, 3.8) is 0 Å². The molecule has 1 amide bonds. The third kappa shape index (κ3) is 3.61. The number of anilines is 1. The third-order valence-corrected chi connectivity index (χ3v) is 5.05. The molecule has 2 N–H and O–H groups in total. The lowest BCUT2D eigenvalue weighted by Crippen LogP contribution is -2.44. The summed E-state index contributed by atoms with van der Waals surface area (Å²) in [6, 6.07) is 14.4. The summed E-state index contributed by atoms with van der Waals surface area (Å²) in [6.07, 6.45) is 0.365. The molecule has 3 rings (SSSR count). The quantitative estimate of drug-likeness (QED) is 0.860. The first-order valence-electron chi connectivity index (χ1n) is 9.37. The van der Waals surface area contributed by atoms with Gasteiger partial charge in [-0.3, -0.25) is 4.79 Å². The van der Waals surface area contributed by atoms with Crippen LogP contribution in [0, 0.1) is 0 Å². The average molecular weight is 352 g/mol. The molecule has 4 nitrogen and oxygen atoms in total. The van der Waals surface area contributed by atoms with Crippen LogP contribution >= 0.6 is 0 Å². The van der Waals surface area contributed by atoms with Crippen LogP contribution < -0.4 is 15.4 Å². The highest BCUT2D eigenvalue weighted by molar-refractivity contribution is 5.99. The van der Waals surface area contributed by atoms with Crippen molar-refractivity contribution in [3.05, 3.63) is 59.2 Å². The number of ether oxygens (including phenoxy) is 1. The van der Waals surface area contributed by atoms with E-state index in [1.165, 1.54) is 5.56 Å². The van der Waals surface area contributed by atoms with Gasteiger partial charge in [0.05, 0.1) is 12.2 Å². The van der Waals surface area contributed by atoms with Gasteiger partial charge >= 0.3 is 0 Å². The third-order valence-electron chi connectivity index (χ3n) is 5.05. The van der Waals surface area contributed by atoms with Gasteiger partial charge in [-0.25, -0.2) is 0 Å². The van der Waals surface area contributed by atoms with E-state index >= 15 is 0 Å². The van der Waals surface area contributed by atoms with Crippen LogP contribution in [0.5, 0.6) is 5.75 Å². The van der Waals surface area contributed by atoms with Crippen LogP contribution in [0.3, 0.4) is 0 Å². The molecular formula is C22H28N2O2. The molecule has 0 saturated carbocycles. The molecule has 1 aliphatic rings. The molecule has 2 unspecified atom stereocenters. The minimum Gasteiger partial charge on any atom is -0.479 e. The highest BCUT2D eigenvalue weighted by atomic mass is 16.5. The highest BCUT2D eigenvalue weighted by Crippen LogP contribution is 2.37. The SMILES string of the molecule is CCC(N)c1ccc2c(c1)N(Cc1ccc(C(C)C)cc1)C(=O)C(C)O2. The number of carbonyl (C=O) groups is 1. The van der Waals surface area contributed by atoms with Crippen molar-refractivity contribution >= 4 is 11.6 Å². The van der Waals surface area contributed by atoms with Crippen LogP contribution in [0.25, 0.3) is 0 Å². The van der Waals surface area contributed by atoms with Crippen LogP contribution in [0.2, 0.25) is 0 Å². The minimum atomic E-state index is -0.483. The second-order valence-electron chi connectivity index (χ2n) is 7.32. The van der Waals surface area contributed by atoms with E-state index in [1.807, 2.05) is 23.1 Å². The Balaban J connectivity index is 1.94. The second-order valence-corrected chi connectivity index (χ2v) is 7.32. The fraction of sp³-hybridized carbons (Fsp3) is 0.409. The maximum Gasteiger partial charge on any atom is 0.268 e. The first kappa shape index (κ1) is 18.5. The Hall–Kier alpha value is -2.33. The lowest BCUT2D eigenvalue weighted by Gasteiger charge is -2.34. The van der Waals surface area contributed by atoms with Gasteiger partial charge in [-0.15, -0.1) is 0 Å². The van der Waals surface area contributed by atoms with Crippen molar-refractivity contribution in [2.45, 2.75) is 58.7 Å². The summed E-state index contributed by atoms with van der Waals surface area (Å²) in [6.45, 7) is 8.74. The lowest BCUT2D eigenvalue weighted by molar-refractivity contribution is -0.125. The summed E-state index contributed by atoms with van der Waals surface area (Å²) < 4.78 is 5.80. The predicted octanol–water partition coefficient (Wildman–Crippen LogP) is 4.53. The van der Waals surface area contributed by atoms with Crippen molar-refractivity contribution in [1.29, 1.82) is 0 Å². The van der Waals surface area contributed by atoms with Crippen molar-refractivity contribution in [2.24, 2.45) is 5.73 Å². The Morgan fingerprint density at radius 3 is 2.38 bits per heavy atom. The van der Waals surface area contributed by atoms with E-state index in [1.54, 1.807) is 6.92 Å². The second kappa shape index (κ2) is 7.50. The molecule has 0 radical (unpaired) electrons. The van der Waals surface area contributed by atoms with Crippen LogP contribution in [0.1, 0.15) is 62.8 Å². The van der Waals surface area contributed by atoms with E-state index in [0.29, 0.717) is 12.5 Å². The summed E-state index contributed by atoms with van der Waals surface area (Å²) in [5.41, 5.74) is 10.4. The van der Waals surface area contributed by atoms with Crippen molar-refractivity contribution in [3.8, 4) is 5.75 Å². The number of carbonyl (C=O) groups excluding carboxylic acids is 1. The van der Waals surface area contributed by atoms with Gasteiger partial charge in [-0.1, -0.05) is 51.1 Å². The Labute approximate surface area is 156 Å². The standard InChI is InChI=1S/C22H28N2O2/c1-5-19(23)18-10-11-21-20(12-18)24(22(25)15(4)26-21)13-16-6-8-17(9-7-16)14(2)3/h6-12,14-15,19H,5,13,23H2,1-4H3. The molecular weight excluding hydrogens is 324 g/mol. The molecule has 2 atom stereocenters. The molecule has 138 valence electrons. The Bertz CT molecular complexity index is 783. The maximum absolute atomic E-state index is 12.8. The predicted molar refractivity (Wildman–Crippen MR) is 105 cm³/mol. The van der Waals surface area contributed by atoms with E-state index in [2.05, 4.69) is 45.0 Å². The van der Waals surface area contributed by atoms with Gasteiger partial charge in [-0.2, -0.15) is 0 Å². The van der Waals surface area contributed by atoms with E-state index in [4.69, 9.17) is 10.5 Å². The van der Waals surface area contributed by atoms with E-state index < -0.39 is 6.10 Å². The molecule has 0 aliphatic carbocycles. The average Bonchev–Trinajstić information content (AvgIpc) is 2.65. The Kier molecular flexibility index (Phi) is 5.33. The largest absolute Gasteiger partial charge is 0.479 e. The van der Waals surface area contributed by atoms with Crippen LogP contribution in [-0.2, 0) is 11.3 Å². The van der Waals surface area contributed by atoms with Crippen LogP contribution in [0.15, 0.2) is 42.5 Å². The smallest absolute Gasteiger partial charge is 0.268 e. The van der Waals surface area contributed by atoms with Gasteiger partial charge in [0, 0.05) is 6.04 Å². The van der Waals surface area contributed by atoms with E-state index in [0.717, 1.165) is 29.0 Å². The molecule has 2 aromatic carbocycles. The molecule has 0 saturated heterocycles. The van der Waals surface area contributed by atoms with Gasteiger partial charge in [-0.05, 0) is 48.1 Å². The van der Waals surface area contributed by atoms with Crippen molar-refractivity contribution < 1.29 is 9.53 Å². The number of hydrogen-bond acceptors (Lipinski definition) is 3. The van der Waals surface area contributed by atoms with Crippen LogP contribution in [-0.4, -0.2) is 12.0 Å². The van der Waals surface area contributed by atoms with Crippen molar-refractivity contribution in [2.75, 3.05) is 4.90 Å². The van der Waals surface area contributed by atoms with Crippen molar-refractivity contribution in [1.82, 2.24) is 0 Å². The normalized spacial score (nSPS) is 17.8. The van der Waals surface area contributed by atoms with E-state index in [-0.39, 0.29) is 11.9 Å². The summed E-state index contributed by atoms with van der Waals surface area (Å²) in [4.78, 5) is 14.6. The minimum absolute atomic E-state index is 0.0207. The fourth-order valence-corrected chi connectivity index (χ4v) is 3.24. The summed E-state index contributed by atoms with van der Waals surface area (Å²) in [5, 5.41) is 0. The molecule has 1 heterocycles. The maximum atomic E-state index is 12.8. The zero-order valence-electron chi connectivity index (χ0n) is 16.0. The zero-order chi connectivity index (χ0) is 18.8. The molecule has 0 fully saturated rings. The van der Waals surface area contributed by atoms with E-state index in [9.17, 15) is 4.79 Å². The number of amides is 1. The molecule has 1 aliphatic heterocycles. The number of hydrogen-bond donors (Lipinski definition) is 1. The Morgan fingerprint density at radius 1 is 1.12 bits per heavy atom. The molecule has 0 spiro atoms. The molecule has 4 heteroatoms. The number of nitrogens with zero attached hydrogens (tertiary/aromatic N) is 1. The zero-order valence-corrected chi connectivity index (χ0v) is 16.0. The molecule has 0 bridgehead atoms. The summed E-state index contributed by atoms with van der Waals surface area (Å²) in [7, 11) is 0. The monoisotopic (exact) mass is 352 g/mol. The van der Waals surface area contributed by atoms with Gasteiger partial charge in [0.2, 0.25) is 0 Å². The number of benzene rings is 2. The number of rotatable bonds is 5. The lowest BCUT2D eigenvalue weighted by atomic mass is 10.0. The first-order chi connectivity index (χ1) is 12.4. The molecule has 26 heavy (non-hydrogen) atoms. The van der Waals surface area contributed by atoms with Crippen LogP contribution in [0.4, 0.5) is 5.69 Å². The van der Waals surface area contributed by atoms with Gasteiger partial charge in [0.15, 0.2) is 6.10 Å². The highest BCUT2D eigenvalue weighted by Gasteiger charge is 2.32. The topological polar surface area (TPSA) is 55.6 Å². The Morgan fingerprint density at radius 2 is 1.77 bits per heavy atom. The van der Waals surface area contributed by atoms with Gasteiger partial charge in [0.1, 0.15) is 5.75 Å². The molecule has 0 aromatic heterocycles. The number of fused-ring (bicyclic) bond motifs is 1. The van der Waals surface area contributed by atoms with Gasteiger partial charge in [0.25, 0.3) is 5.91 Å².